The lowest BCUT2D eigenvalue weighted by atomic mass is 10.1. The van der Waals surface area contributed by atoms with E-state index in [2.05, 4.69) is 5.32 Å². The van der Waals surface area contributed by atoms with Gasteiger partial charge in [0.25, 0.3) is 5.91 Å². The number of benzene rings is 4. The van der Waals surface area contributed by atoms with E-state index in [1.54, 1.807) is 67.5 Å². The van der Waals surface area contributed by atoms with Crippen LogP contribution >= 0.6 is 0 Å². The fraction of sp³-hybridized carbons (Fsp3) is 0.235. The lowest BCUT2D eigenvalue weighted by Crippen LogP contribution is -2.39. The van der Waals surface area contributed by atoms with Gasteiger partial charge >= 0.3 is 0 Å². The molecule has 0 radical (unpaired) electrons. The molecule has 0 aromatic heterocycles. The number of nitrogens with zero attached hydrogens (tertiary/aromatic N) is 2. The highest BCUT2D eigenvalue weighted by molar-refractivity contribution is 7.89. The van der Waals surface area contributed by atoms with E-state index in [1.165, 1.54) is 4.31 Å². The van der Waals surface area contributed by atoms with Crippen LogP contribution in [0.25, 0.3) is 0 Å². The number of amides is 2. The van der Waals surface area contributed by atoms with Gasteiger partial charge in [-0.05, 0) is 91.4 Å². The third kappa shape index (κ3) is 6.79. The second kappa shape index (κ2) is 12.8. The summed E-state index contributed by atoms with van der Waals surface area (Å²) in [5.74, 6) is 0.0604. The summed E-state index contributed by atoms with van der Waals surface area (Å²) in [7, 11) is -2.39. The number of ether oxygens (including phenoxy) is 1. The van der Waals surface area contributed by atoms with E-state index in [0.29, 0.717) is 42.0 Å². The average Bonchev–Trinajstić information content (AvgIpc) is 3.43. The smallest absolute Gasteiger partial charge is 0.258 e. The zero-order valence-corrected chi connectivity index (χ0v) is 25.4. The molecule has 9 heteroatoms. The van der Waals surface area contributed by atoms with E-state index in [1.807, 2.05) is 49.4 Å². The lowest BCUT2D eigenvalue weighted by molar-refractivity contribution is -0.116. The molecule has 4 aromatic rings. The van der Waals surface area contributed by atoms with Gasteiger partial charge in [0.15, 0.2) is 0 Å². The number of anilines is 2. The van der Waals surface area contributed by atoms with Crippen LogP contribution in [-0.2, 0) is 27.7 Å². The molecule has 0 spiro atoms. The van der Waals surface area contributed by atoms with Crippen LogP contribution in [0.15, 0.2) is 95.9 Å². The number of carbonyl (C=O) groups excluding carboxylic acids is 2. The van der Waals surface area contributed by atoms with Gasteiger partial charge in [-0.2, -0.15) is 4.31 Å². The van der Waals surface area contributed by atoms with Gasteiger partial charge in [-0.1, -0.05) is 48.5 Å². The Hall–Kier alpha value is -4.47. The van der Waals surface area contributed by atoms with E-state index >= 15 is 0 Å². The van der Waals surface area contributed by atoms with Gasteiger partial charge in [0.05, 0.1) is 18.6 Å². The maximum Gasteiger partial charge on any atom is 0.258 e. The third-order valence-corrected chi connectivity index (χ3v) is 9.61. The number of aryl methyl sites for hydroxylation is 2. The van der Waals surface area contributed by atoms with E-state index < -0.39 is 15.9 Å². The molecule has 2 amide bonds. The number of hydrogen-bond acceptors (Lipinski definition) is 5. The zero-order valence-electron chi connectivity index (χ0n) is 24.5. The third-order valence-electron chi connectivity index (χ3n) is 7.62. The highest BCUT2D eigenvalue weighted by Crippen LogP contribution is 2.32. The molecule has 0 unspecified atom stereocenters. The average molecular weight is 598 g/mol. The van der Waals surface area contributed by atoms with Gasteiger partial charge in [-0.15, -0.1) is 0 Å². The monoisotopic (exact) mass is 597 g/mol. The normalized spacial score (nSPS) is 12.7. The second-order valence-corrected chi connectivity index (χ2v) is 12.6. The molecule has 0 aliphatic carbocycles. The summed E-state index contributed by atoms with van der Waals surface area (Å²) in [5, 5.41) is 2.86. The van der Waals surface area contributed by atoms with Gasteiger partial charge < -0.3 is 15.0 Å². The molecule has 0 saturated heterocycles. The van der Waals surface area contributed by atoms with Gasteiger partial charge in [-0.25, -0.2) is 8.42 Å². The van der Waals surface area contributed by atoms with E-state index in [-0.39, 0.29) is 23.9 Å². The van der Waals surface area contributed by atoms with Gasteiger partial charge in [-0.3, -0.25) is 9.59 Å². The number of carbonyl (C=O) groups is 2. The molecular weight excluding hydrogens is 562 g/mol. The van der Waals surface area contributed by atoms with Crippen LogP contribution < -0.4 is 15.0 Å². The maximum absolute atomic E-state index is 13.9. The number of methoxy groups -OCH3 is 1. The molecule has 0 fully saturated rings. The Bertz CT molecular complexity index is 1740. The minimum absolute atomic E-state index is 0.140. The summed E-state index contributed by atoms with van der Waals surface area (Å²) in [5.41, 5.74) is 5.17. The molecule has 0 bridgehead atoms. The van der Waals surface area contributed by atoms with Crippen molar-refractivity contribution in [1.29, 1.82) is 0 Å². The summed E-state index contributed by atoms with van der Waals surface area (Å²) >= 11 is 0. The van der Waals surface area contributed by atoms with Crippen LogP contribution in [0.4, 0.5) is 11.4 Å². The first kappa shape index (κ1) is 30.0. The van der Waals surface area contributed by atoms with Crippen LogP contribution in [0.5, 0.6) is 5.75 Å². The Morgan fingerprint density at radius 3 is 2.40 bits per heavy atom. The summed E-state index contributed by atoms with van der Waals surface area (Å²) in [6.45, 7) is 3.91. The van der Waals surface area contributed by atoms with Crippen LogP contribution in [-0.4, -0.2) is 51.3 Å². The predicted octanol–water partition coefficient (Wildman–Crippen LogP) is 5.39. The Morgan fingerprint density at radius 1 is 0.930 bits per heavy atom. The lowest BCUT2D eigenvalue weighted by Gasteiger charge is -2.23. The van der Waals surface area contributed by atoms with E-state index in [4.69, 9.17) is 4.74 Å². The minimum Gasteiger partial charge on any atom is -0.497 e. The highest BCUT2D eigenvalue weighted by atomic mass is 32.2. The van der Waals surface area contributed by atoms with Gasteiger partial charge in [0.1, 0.15) is 5.75 Å². The van der Waals surface area contributed by atoms with Gasteiger partial charge in [0, 0.05) is 30.0 Å². The molecule has 5 rings (SSSR count). The molecule has 1 aliphatic heterocycles. The number of sulfonamides is 1. The summed E-state index contributed by atoms with van der Waals surface area (Å²) < 4.78 is 34.1. The minimum atomic E-state index is -3.97. The molecule has 43 heavy (non-hydrogen) atoms. The first-order valence-corrected chi connectivity index (χ1v) is 15.6. The molecule has 1 N–H and O–H groups in total. The molecule has 8 nitrogen and oxygen atoms in total. The quantitative estimate of drug-likeness (QED) is 0.265. The van der Waals surface area contributed by atoms with Crippen LogP contribution in [0.3, 0.4) is 0 Å². The number of nitrogens with one attached hydrogen (secondary N) is 1. The van der Waals surface area contributed by atoms with E-state index in [9.17, 15) is 18.0 Å². The van der Waals surface area contributed by atoms with Crippen molar-refractivity contribution < 1.29 is 22.7 Å². The summed E-state index contributed by atoms with van der Waals surface area (Å²) in [4.78, 5) is 28.5. The van der Waals surface area contributed by atoms with E-state index in [0.717, 1.165) is 22.4 Å². The van der Waals surface area contributed by atoms with Crippen molar-refractivity contribution in [3.8, 4) is 5.75 Å². The largest absolute Gasteiger partial charge is 0.497 e. The van der Waals surface area contributed by atoms with Crippen molar-refractivity contribution in [2.75, 3.05) is 37.0 Å². The molecule has 0 saturated carbocycles. The summed E-state index contributed by atoms with van der Waals surface area (Å²) in [6.07, 6.45) is 1.16. The maximum atomic E-state index is 13.9. The van der Waals surface area contributed by atoms with Gasteiger partial charge in [0.2, 0.25) is 15.9 Å². The first-order valence-electron chi connectivity index (χ1n) is 14.2. The molecule has 1 aliphatic rings. The Morgan fingerprint density at radius 2 is 1.67 bits per heavy atom. The second-order valence-electron chi connectivity index (χ2n) is 10.7. The van der Waals surface area contributed by atoms with Crippen LogP contribution in [0, 0.1) is 13.8 Å². The molecule has 1 heterocycles. The zero-order chi connectivity index (χ0) is 30.6. The fourth-order valence-corrected chi connectivity index (χ4v) is 6.93. The molecule has 222 valence electrons. The van der Waals surface area contributed by atoms with Crippen molar-refractivity contribution in [2.45, 2.75) is 31.6 Å². The predicted molar refractivity (Wildman–Crippen MR) is 168 cm³/mol. The van der Waals surface area contributed by atoms with Crippen LogP contribution in [0.2, 0.25) is 0 Å². The van der Waals surface area contributed by atoms with Crippen LogP contribution in [0.1, 0.15) is 32.6 Å². The van der Waals surface area contributed by atoms with Crippen molar-refractivity contribution in [2.24, 2.45) is 0 Å². The topological polar surface area (TPSA) is 96.0 Å². The fourth-order valence-electron chi connectivity index (χ4n) is 5.23. The SMILES string of the molecule is COc1ccc(C(=O)N2CCc3ccc(NC(=O)CN(CCc4ccccc4)S(=O)(=O)c4cc(C)ccc4C)cc32)cc1. The summed E-state index contributed by atoms with van der Waals surface area (Å²) in [6, 6.07) is 27.3. The number of hydrogen-bond donors (Lipinski definition) is 1. The Balaban J connectivity index is 1.35. The van der Waals surface area contributed by atoms with Crippen molar-refractivity contribution in [3.05, 3.63) is 119 Å². The van der Waals surface area contributed by atoms with Crippen molar-refractivity contribution in [3.63, 3.8) is 0 Å². The van der Waals surface area contributed by atoms with Crippen molar-refractivity contribution in [1.82, 2.24) is 4.31 Å². The molecule has 4 aromatic carbocycles. The number of rotatable bonds is 10. The first-order chi connectivity index (χ1) is 20.7. The Labute approximate surface area is 253 Å². The molecule has 0 atom stereocenters. The Kier molecular flexibility index (Phi) is 8.94. The van der Waals surface area contributed by atoms with Crippen molar-refractivity contribution >= 4 is 33.2 Å². The molecular formula is C34H35N3O5S. The standard InChI is InChI=1S/C34H35N3O5S/c1-24-9-10-25(2)32(21-24)43(40,41)36(19-17-26-7-5-4-6-8-26)23-33(38)35-29-14-11-27-18-20-37(31(27)22-29)34(39)28-12-15-30(42-3)16-13-28/h4-16,21-22H,17-20,23H2,1-3H3,(H,35,38). The number of fused-ring (bicyclic) bond motifs is 1. The highest BCUT2D eigenvalue weighted by Gasteiger charge is 2.29.